The van der Waals surface area contributed by atoms with E-state index < -0.39 is 5.97 Å². The van der Waals surface area contributed by atoms with Gasteiger partial charge in [-0.25, -0.2) is 0 Å². The topological polar surface area (TPSA) is 95.6 Å². The fourth-order valence-electron chi connectivity index (χ4n) is 4.21. The lowest BCUT2D eigenvalue weighted by molar-refractivity contribution is -0.145. The molecule has 3 aromatic carbocycles. The Balaban J connectivity index is 1.24. The van der Waals surface area contributed by atoms with Crippen LogP contribution in [0, 0.1) is 6.92 Å². The van der Waals surface area contributed by atoms with Crippen LogP contribution in [0.3, 0.4) is 0 Å². The second-order valence-electron chi connectivity index (χ2n) is 8.66. The van der Waals surface area contributed by atoms with Crippen molar-refractivity contribution in [3.05, 3.63) is 100 Å². The largest absolute Gasteiger partial charge is 0.457 e. The van der Waals surface area contributed by atoms with Crippen LogP contribution < -0.4 is 5.56 Å². The molecule has 36 heavy (non-hydrogen) atoms. The Labute approximate surface area is 206 Å². The first-order chi connectivity index (χ1) is 17.4. The molecule has 0 saturated carbocycles. The number of carbonyl (C=O) groups excluding carboxylic acids is 2. The minimum atomic E-state index is -0.508. The number of esters is 1. The summed E-state index contributed by atoms with van der Waals surface area (Å²) in [6.07, 6.45) is -0.00472. The minimum Gasteiger partial charge on any atom is -0.457 e. The number of carbonyl (C=O) groups is 2. The maximum Gasteiger partial charge on any atom is 0.306 e. The summed E-state index contributed by atoms with van der Waals surface area (Å²) in [5.41, 5.74) is 4.07. The Hall–Kier alpha value is -4.59. The predicted octanol–water partition coefficient (Wildman–Crippen LogP) is 4.26. The van der Waals surface area contributed by atoms with Crippen LogP contribution in [0.1, 0.15) is 34.6 Å². The SMILES string of the molecule is Cc1ccc2c(c1)c(=O)n(C)c1nnc(COC(=O)CCC(=O)c3ccc(-c4ccccc4)cc3)n21. The molecule has 8 nitrogen and oxygen atoms in total. The molecule has 5 aromatic rings. The lowest BCUT2D eigenvalue weighted by Crippen LogP contribution is -2.20. The van der Waals surface area contributed by atoms with Crippen molar-refractivity contribution in [2.75, 3.05) is 0 Å². The summed E-state index contributed by atoms with van der Waals surface area (Å²) in [4.78, 5) is 37.7. The summed E-state index contributed by atoms with van der Waals surface area (Å²) in [7, 11) is 1.63. The van der Waals surface area contributed by atoms with Crippen LogP contribution in [0.15, 0.2) is 77.6 Å². The number of hydrogen-bond donors (Lipinski definition) is 0. The molecule has 0 aliphatic heterocycles. The van der Waals surface area contributed by atoms with Crippen LogP contribution in [0.5, 0.6) is 0 Å². The number of rotatable bonds is 7. The van der Waals surface area contributed by atoms with Crippen molar-refractivity contribution in [3.63, 3.8) is 0 Å². The number of benzene rings is 3. The minimum absolute atomic E-state index is 0.0425. The second kappa shape index (κ2) is 9.58. The van der Waals surface area contributed by atoms with Crippen molar-refractivity contribution >= 4 is 28.4 Å². The van der Waals surface area contributed by atoms with Gasteiger partial charge in [0.2, 0.25) is 5.78 Å². The third kappa shape index (κ3) is 4.40. The average Bonchev–Trinajstić information content (AvgIpc) is 3.34. The number of nitrogens with zero attached hydrogens (tertiary/aromatic N) is 4. The highest BCUT2D eigenvalue weighted by molar-refractivity contribution is 5.98. The zero-order valence-corrected chi connectivity index (χ0v) is 20.0. The smallest absolute Gasteiger partial charge is 0.306 e. The molecule has 0 unspecified atom stereocenters. The van der Waals surface area contributed by atoms with E-state index in [0.717, 1.165) is 16.7 Å². The highest BCUT2D eigenvalue weighted by Gasteiger charge is 2.17. The Morgan fingerprint density at radius 2 is 1.61 bits per heavy atom. The van der Waals surface area contributed by atoms with Gasteiger partial charge in [0.15, 0.2) is 18.2 Å². The van der Waals surface area contributed by atoms with E-state index in [1.54, 1.807) is 23.6 Å². The number of ether oxygens (including phenoxy) is 1. The average molecular weight is 481 g/mol. The Bertz CT molecular complexity index is 1650. The van der Waals surface area contributed by atoms with Gasteiger partial charge in [0, 0.05) is 19.0 Å². The molecular formula is C28H24N4O4. The predicted molar refractivity (Wildman–Crippen MR) is 136 cm³/mol. The van der Waals surface area contributed by atoms with Crippen molar-refractivity contribution in [1.82, 2.24) is 19.2 Å². The zero-order chi connectivity index (χ0) is 25.2. The van der Waals surface area contributed by atoms with E-state index in [1.165, 1.54) is 4.57 Å². The number of aryl methyl sites for hydroxylation is 2. The summed E-state index contributed by atoms with van der Waals surface area (Å²) in [6.45, 7) is 1.79. The Kier molecular flexibility index (Phi) is 6.16. The van der Waals surface area contributed by atoms with Gasteiger partial charge in [-0.15, -0.1) is 10.2 Å². The van der Waals surface area contributed by atoms with Crippen molar-refractivity contribution in [3.8, 4) is 11.1 Å². The molecule has 0 aliphatic rings. The third-order valence-corrected chi connectivity index (χ3v) is 6.17. The normalized spacial score (nSPS) is 11.2. The second-order valence-corrected chi connectivity index (χ2v) is 8.66. The van der Waals surface area contributed by atoms with E-state index in [9.17, 15) is 14.4 Å². The van der Waals surface area contributed by atoms with Gasteiger partial charge in [-0.3, -0.25) is 23.4 Å². The highest BCUT2D eigenvalue weighted by atomic mass is 16.5. The first-order valence-corrected chi connectivity index (χ1v) is 11.6. The van der Waals surface area contributed by atoms with Gasteiger partial charge in [0.05, 0.1) is 17.3 Å². The molecular weight excluding hydrogens is 456 g/mol. The zero-order valence-electron chi connectivity index (χ0n) is 20.0. The summed E-state index contributed by atoms with van der Waals surface area (Å²) in [5.74, 6) is 0.115. The van der Waals surface area contributed by atoms with Gasteiger partial charge in [0.1, 0.15) is 0 Å². The number of hydrogen-bond acceptors (Lipinski definition) is 6. The van der Waals surface area contributed by atoms with Gasteiger partial charge in [-0.05, 0) is 30.2 Å². The lowest BCUT2D eigenvalue weighted by atomic mass is 10.0. The van der Waals surface area contributed by atoms with E-state index in [1.807, 2.05) is 67.6 Å². The van der Waals surface area contributed by atoms with Gasteiger partial charge in [-0.1, -0.05) is 66.2 Å². The van der Waals surface area contributed by atoms with Gasteiger partial charge in [0.25, 0.3) is 5.56 Å². The summed E-state index contributed by atoms with van der Waals surface area (Å²) < 4.78 is 8.53. The van der Waals surface area contributed by atoms with Crippen LogP contribution in [-0.4, -0.2) is 30.9 Å². The molecule has 0 spiro atoms. The molecule has 0 saturated heterocycles. The number of ketones is 1. The number of Topliss-reactive ketones (excluding diaryl/α,β-unsaturated/α-hetero) is 1. The third-order valence-electron chi connectivity index (χ3n) is 6.17. The number of fused-ring (bicyclic) bond motifs is 3. The molecule has 0 radical (unpaired) electrons. The first-order valence-electron chi connectivity index (χ1n) is 11.6. The molecule has 0 aliphatic carbocycles. The molecule has 0 bridgehead atoms. The van der Waals surface area contributed by atoms with Crippen LogP contribution >= 0.6 is 0 Å². The van der Waals surface area contributed by atoms with Crippen LogP contribution in [-0.2, 0) is 23.2 Å². The van der Waals surface area contributed by atoms with Crippen molar-refractivity contribution in [1.29, 1.82) is 0 Å². The summed E-state index contributed by atoms with van der Waals surface area (Å²) in [6, 6.07) is 22.8. The van der Waals surface area contributed by atoms with Crippen LogP contribution in [0.25, 0.3) is 27.8 Å². The monoisotopic (exact) mass is 480 g/mol. The van der Waals surface area contributed by atoms with Gasteiger partial charge < -0.3 is 4.74 Å². The maximum atomic E-state index is 12.7. The fourth-order valence-corrected chi connectivity index (χ4v) is 4.21. The van der Waals surface area contributed by atoms with E-state index in [0.29, 0.717) is 28.1 Å². The molecule has 180 valence electrons. The van der Waals surface area contributed by atoms with E-state index in [-0.39, 0.29) is 30.8 Å². The fraction of sp³-hybridized carbons (Fsp3) is 0.179. The first kappa shape index (κ1) is 23.2. The van der Waals surface area contributed by atoms with Gasteiger partial charge >= 0.3 is 5.97 Å². The van der Waals surface area contributed by atoms with E-state index >= 15 is 0 Å². The lowest BCUT2D eigenvalue weighted by Gasteiger charge is -2.09. The van der Waals surface area contributed by atoms with Crippen LogP contribution in [0.4, 0.5) is 0 Å². The van der Waals surface area contributed by atoms with E-state index in [2.05, 4.69) is 10.2 Å². The molecule has 0 N–H and O–H groups in total. The number of aromatic nitrogens is 4. The van der Waals surface area contributed by atoms with Crippen LogP contribution in [0.2, 0.25) is 0 Å². The molecule has 5 rings (SSSR count). The summed E-state index contributed by atoms with van der Waals surface area (Å²) >= 11 is 0. The van der Waals surface area contributed by atoms with Gasteiger partial charge in [-0.2, -0.15) is 0 Å². The molecule has 0 fully saturated rings. The molecule has 2 heterocycles. The van der Waals surface area contributed by atoms with Crippen molar-refractivity contribution in [2.45, 2.75) is 26.4 Å². The van der Waals surface area contributed by atoms with Crippen molar-refractivity contribution < 1.29 is 14.3 Å². The molecule has 0 amide bonds. The van der Waals surface area contributed by atoms with Crippen molar-refractivity contribution in [2.24, 2.45) is 7.05 Å². The standard InChI is InChI=1S/C28H24N4O4/c1-18-8-13-23-22(16-18)27(35)31(2)28-30-29-25(32(23)28)17-36-26(34)15-14-24(33)21-11-9-20(10-12-21)19-6-4-3-5-7-19/h3-13,16H,14-15,17H2,1-2H3. The van der Waals surface area contributed by atoms with E-state index in [4.69, 9.17) is 4.74 Å². The Morgan fingerprint density at radius 3 is 2.36 bits per heavy atom. The molecule has 8 heteroatoms. The quantitative estimate of drug-likeness (QED) is 0.255. The molecule has 2 aromatic heterocycles. The molecule has 0 atom stereocenters. The summed E-state index contributed by atoms with van der Waals surface area (Å²) in [5, 5.41) is 8.76. The highest BCUT2D eigenvalue weighted by Crippen LogP contribution is 2.20. The maximum absolute atomic E-state index is 12.7. The Morgan fingerprint density at radius 1 is 0.889 bits per heavy atom.